The fraction of sp³-hybridized carbons (Fsp3) is 0.857. The second-order valence-electron chi connectivity index (χ2n) is 5.32. The molecule has 3 aliphatic rings. The second-order valence-corrected chi connectivity index (χ2v) is 5.32. The van der Waals surface area contributed by atoms with Crippen LogP contribution in [0.2, 0.25) is 0 Å². The van der Waals surface area contributed by atoms with Crippen molar-refractivity contribution in [3.05, 3.63) is 6.54 Å². The topological polar surface area (TPSA) is 30.8 Å². The van der Waals surface area contributed by atoms with Crippen molar-refractivity contribution in [2.75, 3.05) is 13.2 Å². The van der Waals surface area contributed by atoms with E-state index in [9.17, 15) is 0 Å². The molecule has 3 nitrogen and oxygen atoms in total. The van der Waals surface area contributed by atoms with E-state index >= 15 is 0 Å². The van der Waals surface area contributed by atoms with Crippen molar-refractivity contribution < 1.29 is 9.47 Å². The van der Waals surface area contributed by atoms with E-state index in [1.165, 1.54) is 25.7 Å². The zero-order valence-electron chi connectivity index (χ0n) is 10.3. The van der Waals surface area contributed by atoms with Crippen LogP contribution in [0.15, 0.2) is 4.99 Å². The number of aliphatic imine (C=N–C) groups is 1. The zero-order valence-corrected chi connectivity index (χ0v) is 10.3. The van der Waals surface area contributed by atoms with Gasteiger partial charge in [0.25, 0.3) is 0 Å². The molecule has 0 aromatic rings. The predicted octanol–water partition coefficient (Wildman–Crippen LogP) is 2.48. The van der Waals surface area contributed by atoms with Crippen LogP contribution in [0.1, 0.15) is 38.5 Å². The first kappa shape index (κ1) is 11.7. The molecule has 3 heteroatoms. The minimum atomic E-state index is 0.329. The van der Waals surface area contributed by atoms with Crippen molar-refractivity contribution in [2.24, 2.45) is 16.8 Å². The van der Waals surface area contributed by atoms with Crippen LogP contribution >= 0.6 is 0 Å². The highest BCUT2D eigenvalue weighted by Crippen LogP contribution is 2.37. The Kier molecular flexibility index (Phi) is 3.77. The van der Waals surface area contributed by atoms with E-state index in [0.717, 1.165) is 26.1 Å². The van der Waals surface area contributed by atoms with Gasteiger partial charge in [0, 0.05) is 19.1 Å². The van der Waals surface area contributed by atoms with Gasteiger partial charge in [-0.15, -0.1) is 0 Å². The smallest absolute Gasteiger partial charge is 0.122 e. The highest BCUT2D eigenvalue weighted by molar-refractivity contribution is 5.59. The molecule has 17 heavy (non-hydrogen) atoms. The third-order valence-corrected chi connectivity index (χ3v) is 4.21. The Morgan fingerprint density at radius 1 is 1.00 bits per heavy atom. The molecule has 0 aromatic carbocycles. The third-order valence-electron chi connectivity index (χ3n) is 4.21. The SMILES string of the molecule is [C]1N=CCC(C2CCCO2)C1C1CCCCO1. The van der Waals surface area contributed by atoms with Crippen LogP contribution in [0.5, 0.6) is 0 Å². The summed E-state index contributed by atoms with van der Waals surface area (Å²) in [5.74, 6) is 0.890. The van der Waals surface area contributed by atoms with Gasteiger partial charge in [0.2, 0.25) is 0 Å². The van der Waals surface area contributed by atoms with Gasteiger partial charge >= 0.3 is 0 Å². The van der Waals surface area contributed by atoms with E-state index in [-0.39, 0.29) is 0 Å². The molecule has 0 spiro atoms. The summed E-state index contributed by atoms with van der Waals surface area (Å²) < 4.78 is 11.8. The molecule has 2 saturated heterocycles. The lowest BCUT2D eigenvalue weighted by molar-refractivity contribution is -0.0531. The van der Waals surface area contributed by atoms with Gasteiger partial charge in [-0.25, -0.2) is 0 Å². The summed E-state index contributed by atoms with van der Waals surface area (Å²) in [6.07, 6.45) is 9.81. The molecule has 2 radical (unpaired) electrons. The van der Waals surface area contributed by atoms with E-state index < -0.39 is 0 Å². The first-order valence-electron chi connectivity index (χ1n) is 6.95. The molecule has 0 aromatic heterocycles. The quantitative estimate of drug-likeness (QED) is 0.736. The zero-order chi connectivity index (χ0) is 11.5. The Labute approximate surface area is 104 Å². The van der Waals surface area contributed by atoms with Crippen LogP contribution in [0, 0.1) is 18.4 Å². The minimum Gasteiger partial charge on any atom is -0.378 e. The van der Waals surface area contributed by atoms with E-state index in [1.807, 2.05) is 6.21 Å². The molecular weight excluding hydrogens is 214 g/mol. The van der Waals surface area contributed by atoms with Crippen molar-refractivity contribution in [3.8, 4) is 0 Å². The van der Waals surface area contributed by atoms with Crippen LogP contribution in [0.4, 0.5) is 0 Å². The molecular formula is C14H21NO2. The van der Waals surface area contributed by atoms with Gasteiger partial charge in [0.1, 0.15) is 6.54 Å². The fourth-order valence-corrected chi connectivity index (χ4v) is 3.29. The number of rotatable bonds is 2. The van der Waals surface area contributed by atoms with Gasteiger partial charge < -0.3 is 9.47 Å². The van der Waals surface area contributed by atoms with Crippen LogP contribution in [0.3, 0.4) is 0 Å². The summed E-state index contributed by atoms with van der Waals surface area (Å²) in [5.41, 5.74) is 0. The lowest BCUT2D eigenvalue weighted by atomic mass is 9.77. The molecule has 0 amide bonds. The number of hydrogen-bond acceptors (Lipinski definition) is 3. The first-order valence-corrected chi connectivity index (χ1v) is 6.95. The highest BCUT2D eigenvalue weighted by Gasteiger charge is 2.39. The number of ether oxygens (including phenoxy) is 2. The molecule has 3 aliphatic heterocycles. The van der Waals surface area contributed by atoms with Crippen molar-refractivity contribution in [1.29, 1.82) is 0 Å². The van der Waals surface area contributed by atoms with Crippen molar-refractivity contribution in [2.45, 2.75) is 50.7 Å². The van der Waals surface area contributed by atoms with Gasteiger partial charge in [0.05, 0.1) is 12.2 Å². The van der Waals surface area contributed by atoms with E-state index in [4.69, 9.17) is 9.47 Å². The largest absolute Gasteiger partial charge is 0.378 e. The lowest BCUT2D eigenvalue weighted by Crippen LogP contribution is -2.40. The molecule has 4 unspecified atom stereocenters. The monoisotopic (exact) mass is 235 g/mol. The van der Waals surface area contributed by atoms with Crippen LogP contribution < -0.4 is 0 Å². The standard InChI is InChI=1S/C14H21NO2/c1-2-8-16-14(4-1)12-10-15-7-6-11(12)13-5-3-9-17-13/h7,11-14H,1-6,8-9H2. The summed E-state index contributed by atoms with van der Waals surface area (Å²) in [6, 6.07) is 0. The Bertz CT molecular complexity index is 267. The van der Waals surface area contributed by atoms with Crippen molar-refractivity contribution >= 4 is 6.21 Å². The summed E-state index contributed by atoms with van der Waals surface area (Å²) in [6.45, 7) is 5.11. The predicted molar refractivity (Wildman–Crippen MR) is 65.9 cm³/mol. The van der Waals surface area contributed by atoms with Crippen LogP contribution in [0.25, 0.3) is 0 Å². The molecule has 0 N–H and O–H groups in total. The fourth-order valence-electron chi connectivity index (χ4n) is 3.29. The lowest BCUT2D eigenvalue weighted by Gasteiger charge is -2.37. The molecule has 3 heterocycles. The summed E-state index contributed by atoms with van der Waals surface area (Å²) in [5, 5.41) is 0. The molecule has 0 saturated carbocycles. The maximum absolute atomic E-state index is 5.92. The van der Waals surface area contributed by atoms with Crippen molar-refractivity contribution in [3.63, 3.8) is 0 Å². The Morgan fingerprint density at radius 3 is 2.59 bits per heavy atom. The summed E-state index contributed by atoms with van der Waals surface area (Å²) in [7, 11) is 0. The van der Waals surface area contributed by atoms with Gasteiger partial charge in [0.15, 0.2) is 0 Å². The van der Waals surface area contributed by atoms with Gasteiger partial charge in [-0.1, -0.05) is 0 Å². The van der Waals surface area contributed by atoms with Crippen LogP contribution in [-0.4, -0.2) is 31.6 Å². The average Bonchev–Trinajstić information content (AvgIpc) is 2.94. The highest BCUT2D eigenvalue weighted by atomic mass is 16.5. The normalized spacial score (nSPS) is 42.8. The summed E-state index contributed by atoms with van der Waals surface area (Å²) in [4.78, 5) is 4.24. The van der Waals surface area contributed by atoms with Gasteiger partial charge in [-0.2, -0.15) is 0 Å². The van der Waals surface area contributed by atoms with Gasteiger partial charge in [-0.3, -0.25) is 4.99 Å². The Morgan fingerprint density at radius 2 is 1.82 bits per heavy atom. The molecule has 94 valence electrons. The molecule has 2 fully saturated rings. The minimum absolute atomic E-state index is 0.329. The second kappa shape index (κ2) is 5.49. The van der Waals surface area contributed by atoms with E-state index in [2.05, 4.69) is 11.5 Å². The van der Waals surface area contributed by atoms with E-state index in [0.29, 0.717) is 24.0 Å². The Balaban J connectivity index is 1.68. The number of hydrogen-bond donors (Lipinski definition) is 0. The van der Waals surface area contributed by atoms with Gasteiger partial charge in [-0.05, 0) is 50.7 Å². The number of nitrogens with zero attached hydrogens (tertiary/aromatic N) is 1. The molecule has 0 aliphatic carbocycles. The summed E-state index contributed by atoms with van der Waals surface area (Å²) >= 11 is 0. The maximum Gasteiger partial charge on any atom is 0.122 e. The molecule has 4 atom stereocenters. The third kappa shape index (κ3) is 2.55. The van der Waals surface area contributed by atoms with Crippen molar-refractivity contribution in [1.82, 2.24) is 0 Å². The maximum atomic E-state index is 5.92. The van der Waals surface area contributed by atoms with Crippen LogP contribution in [-0.2, 0) is 9.47 Å². The average molecular weight is 235 g/mol. The first-order chi connectivity index (χ1) is 8.45. The Hall–Kier alpha value is -0.410. The molecule has 0 bridgehead atoms. The van der Waals surface area contributed by atoms with E-state index in [1.54, 1.807) is 0 Å². The molecule has 3 rings (SSSR count).